The van der Waals surface area contributed by atoms with Crippen LogP contribution in [0.5, 0.6) is 0 Å². The molecule has 11 heavy (non-hydrogen) atoms. The minimum atomic E-state index is -0.446. The van der Waals surface area contributed by atoms with Gasteiger partial charge in [-0.3, -0.25) is 0 Å². The monoisotopic (exact) mass is 171 g/mol. The van der Waals surface area contributed by atoms with Crippen LogP contribution in [0.1, 0.15) is 5.56 Å². The third kappa shape index (κ3) is 1.87. The number of anilines is 1. The molecule has 1 rings (SSSR count). The molecule has 2 N–H and O–H groups in total. The van der Waals surface area contributed by atoms with Gasteiger partial charge in [-0.15, -0.1) is 11.8 Å². The van der Waals surface area contributed by atoms with Crippen LogP contribution in [0, 0.1) is 0 Å². The van der Waals surface area contributed by atoms with E-state index < -0.39 is 6.67 Å². The highest BCUT2D eigenvalue weighted by atomic mass is 32.2. The van der Waals surface area contributed by atoms with Crippen LogP contribution in [0.15, 0.2) is 23.1 Å². The summed E-state index contributed by atoms with van der Waals surface area (Å²) in [6.45, 7) is -0.446. The number of halogens is 1. The van der Waals surface area contributed by atoms with Gasteiger partial charge in [0.1, 0.15) is 6.67 Å². The van der Waals surface area contributed by atoms with Crippen molar-refractivity contribution in [2.24, 2.45) is 0 Å². The Balaban J connectivity index is 2.99. The van der Waals surface area contributed by atoms with Crippen molar-refractivity contribution in [2.75, 3.05) is 12.0 Å². The lowest BCUT2D eigenvalue weighted by Gasteiger charge is -2.02. The molecule has 0 radical (unpaired) electrons. The van der Waals surface area contributed by atoms with Gasteiger partial charge in [0.15, 0.2) is 0 Å². The first-order valence-electron chi connectivity index (χ1n) is 3.26. The Labute approximate surface area is 69.8 Å². The van der Waals surface area contributed by atoms with E-state index in [0.717, 1.165) is 4.90 Å². The zero-order valence-electron chi connectivity index (χ0n) is 6.30. The van der Waals surface area contributed by atoms with E-state index in [9.17, 15) is 4.39 Å². The fourth-order valence-electron chi connectivity index (χ4n) is 0.867. The van der Waals surface area contributed by atoms with Crippen LogP contribution in [0.25, 0.3) is 0 Å². The second-order valence-electron chi connectivity index (χ2n) is 2.21. The van der Waals surface area contributed by atoms with Crippen molar-refractivity contribution >= 4 is 17.4 Å². The quantitative estimate of drug-likeness (QED) is 0.546. The zero-order chi connectivity index (χ0) is 8.27. The molecule has 0 unspecified atom stereocenters. The molecule has 0 saturated heterocycles. The van der Waals surface area contributed by atoms with Gasteiger partial charge in [0.25, 0.3) is 0 Å². The molecular weight excluding hydrogens is 161 g/mol. The Morgan fingerprint density at radius 2 is 2.27 bits per heavy atom. The van der Waals surface area contributed by atoms with Crippen molar-refractivity contribution in [1.29, 1.82) is 0 Å². The lowest BCUT2D eigenvalue weighted by atomic mass is 10.2. The Kier molecular flexibility index (Phi) is 2.76. The molecule has 60 valence electrons. The van der Waals surface area contributed by atoms with Gasteiger partial charge in [0.05, 0.1) is 0 Å². The maximum Gasteiger partial charge on any atom is 0.115 e. The van der Waals surface area contributed by atoms with Gasteiger partial charge in [0.2, 0.25) is 0 Å². The minimum Gasteiger partial charge on any atom is -0.398 e. The molecule has 0 saturated carbocycles. The number of nitrogens with two attached hydrogens (primary N) is 1. The smallest absolute Gasteiger partial charge is 0.115 e. The zero-order valence-corrected chi connectivity index (χ0v) is 7.12. The molecule has 0 aromatic heterocycles. The summed E-state index contributed by atoms with van der Waals surface area (Å²) in [7, 11) is 0. The summed E-state index contributed by atoms with van der Waals surface area (Å²) < 4.78 is 12.1. The minimum absolute atomic E-state index is 0.446. The van der Waals surface area contributed by atoms with Gasteiger partial charge in [-0.25, -0.2) is 4.39 Å². The Morgan fingerprint density at radius 3 is 2.73 bits per heavy atom. The normalized spacial score (nSPS) is 10.0. The predicted octanol–water partition coefficient (Wildman–Crippen LogP) is 2.46. The molecule has 1 nitrogen and oxygen atoms in total. The first-order valence-corrected chi connectivity index (χ1v) is 4.48. The van der Waals surface area contributed by atoms with Crippen molar-refractivity contribution in [1.82, 2.24) is 0 Å². The molecule has 1 aromatic carbocycles. The lowest BCUT2D eigenvalue weighted by Crippen LogP contribution is -1.89. The molecule has 0 bridgehead atoms. The van der Waals surface area contributed by atoms with Crippen molar-refractivity contribution in [3.8, 4) is 0 Å². The molecule has 0 heterocycles. The summed E-state index contributed by atoms with van der Waals surface area (Å²) in [4.78, 5) is 1.00. The van der Waals surface area contributed by atoms with Gasteiger partial charge < -0.3 is 5.73 Å². The van der Waals surface area contributed by atoms with Gasteiger partial charge in [-0.1, -0.05) is 6.07 Å². The largest absolute Gasteiger partial charge is 0.398 e. The number of rotatable bonds is 2. The number of hydrogen-bond acceptors (Lipinski definition) is 2. The summed E-state index contributed by atoms with van der Waals surface area (Å²) in [5.41, 5.74) is 6.92. The average molecular weight is 171 g/mol. The van der Waals surface area contributed by atoms with E-state index in [4.69, 9.17) is 5.73 Å². The van der Waals surface area contributed by atoms with E-state index in [0.29, 0.717) is 11.3 Å². The average Bonchev–Trinajstić information content (AvgIpc) is 2.04. The molecule has 0 aliphatic heterocycles. The predicted molar refractivity (Wildman–Crippen MR) is 47.4 cm³/mol. The highest BCUT2D eigenvalue weighted by Crippen LogP contribution is 2.23. The van der Waals surface area contributed by atoms with E-state index >= 15 is 0 Å². The number of benzene rings is 1. The van der Waals surface area contributed by atoms with Crippen LogP contribution in [-0.4, -0.2) is 6.26 Å². The molecular formula is C8H10FNS. The van der Waals surface area contributed by atoms with Gasteiger partial charge in [0, 0.05) is 10.6 Å². The summed E-state index contributed by atoms with van der Waals surface area (Å²) in [5, 5.41) is 0. The first kappa shape index (κ1) is 8.40. The molecule has 0 fully saturated rings. The highest BCUT2D eigenvalue weighted by Gasteiger charge is 1.98. The maximum absolute atomic E-state index is 12.1. The highest BCUT2D eigenvalue weighted by molar-refractivity contribution is 7.98. The molecule has 0 spiro atoms. The second kappa shape index (κ2) is 3.62. The molecule has 0 atom stereocenters. The maximum atomic E-state index is 12.1. The topological polar surface area (TPSA) is 26.0 Å². The number of thioether (sulfide) groups is 1. The van der Waals surface area contributed by atoms with Crippen LogP contribution in [0.2, 0.25) is 0 Å². The number of alkyl halides is 1. The molecule has 3 heteroatoms. The molecule has 1 aromatic rings. The molecule has 0 aliphatic rings. The van der Waals surface area contributed by atoms with Crippen molar-refractivity contribution in [2.45, 2.75) is 11.6 Å². The molecule has 0 aliphatic carbocycles. The van der Waals surface area contributed by atoms with E-state index in [-0.39, 0.29) is 0 Å². The number of nitrogen functional groups attached to an aromatic ring is 1. The first-order chi connectivity index (χ1) is 5.27. The fourth-order valence-corrected chi connectivity index (χ4v) is 1.37. The van der Waals surface area contributed by atoms with Crippen LogP contribution in [-0.2, 0) is 6.67 Å². The van der Waals surface area contributed by atoms with E-state index in [2.05, 4.69) is 0 Å². The summed E-state index contributed by atoms with van der Waals surface area (Å²) >= 11 is 1.57. The molecule has 0 amide bonds. The third-order valence-electron chi connectivity index (χ3n) is 1.45. The van der Waals surface area contributed by atoms with Gasteiger partial charge >= 0.3 is 0 Å². The van der Waals surface area contributed by atoms with E-state index in [1.807, 2.05) is 12.3 Å². The van der Waals surface area contributed by atoms with Gasteiger partial charge in [-0.05, 0) is 24.0 Å². The lowest BCUT2D eigenvalue weighted by molar-refractivity contribution is 0.485. The van der Waals surface area contributed by atoms with Gasteiger partial charge in [-0.2, -0.15) is 0 Å². The van der Waals surface area contributed by atoms with E-state index in [1.54, 1.807) is 23.9 Å². The number of hydrogen-bond donors (Lipinski definition) is 1. The second-order valence-corrected chi connectivity index (χ2v) is 3.06. The van der Waals surface area contributed by atoms with Crippen LogP contribution >= 0.6 is 11.8 Å². The summed E-state index contributed by atoms with van der Waals surface area (Å²) in [5.74, 6) is 0. The van der Waals surface area contributed by atoms with Crippen molar-refractivity contribution in [3.05, 3.63) is 23.8 Å². The van der Waals surface area contributed by atoms with Crippen molar-refractivity contribution < 1.29 is 4.39 Å². The SMILES string of the molecule is CSc1ccc(CF)cc1N. The Bertz CT molecular complexity index is 250. The Hall–Kier alpha value is -0.700. The van der Waals surface area contributed by atoms with Crippen LogP contribution in [0.4, 0.5) is 10.1 Å². The standard InChI is InChI=1S/C8H10FNS/c1-11-8-3-2-6(5-9)4-7(8)10/h2-4H,5,10H2,1H3. The summed E-state index contributed by atoms with van der Waals surface area (Å²) in [6.07, 6.45) is 1.95. The van der Waals surface area contributed by atoms with Crippen LogP contribution < -0.4 is 5.73 Å². The van der Waals surface area contributed by atoms with Crippen LogP contribution in [0.3, 0.4) is 0 Å². The fraction of sp³-hybridized carbons (Fsp3) is 0.250. The van der Waals surface area contributed by atoms with Crippen molar-refractivity contribution in [3.63, 3.8) is 0 Å². The Morgan fingerprint density at radius 1 is 1.55 bits per heavy atom. The third-order valence-corrected chi connectivity index (χ3v) is 2.26. The summed E-state index contributed by atoms with van der Waals surface area (Å²) in [6, 6.07) is 5.27. The van der Waals surface area contributed by atoms with E-state index in [1.165, 1.54) is 0 Å².